The van der Waals surface area contributed by atoms with Gasteiger partial charge in [0.1, 0.15) is 18.4 Å². The maximum Gasteiger partial charge on any atom is 0.244 e. The number of anilines is 1. The molecule has 0 saturated carbocycles. The van der Waals surface area contributed by atoms with Gasteiger partial charge in [0.25, 0.3) is 0 Å². The van der Waals surface area contributed by atoms with Gasteiger partial charge in [0, 0.05) is 16.6 Å². The largest absolute Gasteiger partial charge is 0.350 e. The van der Waals surface area contributed by atoms with Crippen LogP contribution in [0.2, 0.25) is 0 Å². The quantitative estimate of drug-likeness (QED) is 0.552. The lowest BCUT2D eigenvalue weighted by Gasteiger charge is -2.33. The Kier molecular flexibility index (Phi) is 8.64. The predicted octanol–water partition coefficient (Wildman–Crippen LogP) is 3.69. The number of amides is 2. The van der Waals surface area contributed by atoms with Crippen molar-refractivity contribution in [1.82, 2.24) is 10.2 Å². The summed E-state index contributed by atoms with van der Waals surface area (Å²) in [6.07, 6.45) is 1.02. The zero-order valence-corrected chi connectivity index (χ0v) is 21.7. The molecular formula is C23H29BrFN3O4S. The number of nitrogens with zero attached hydrogens (tertiary/aromatic N) is 2. The van der Waals surface area contributed by atoms with Gasteiger partial charge in [-0.15, -0.1) is 0 Å². The van der Waals surface area contributed by atoms with Crippen LogP contribution in [-0.4, -0.2) is 49.5 Å². The van der Waals surface area contributed by atoms with E-state index < -0.39 is 39.9 Å². The number of hydrogen-bond acceptors (Lipinski definition) is 4. The minimum absolute atomic E-state index is 0.00787. The first-order chi connectivity index (χ1) is 15.2. The monoisotopic (exact) mass is 541 g/mol. The van der Waals surface area contributed by atoms with Crippen LogP contribution in [0.3, 0.4) is 0 Å². The first kappa shape index (κ1) is 26.8. The van der Waals surface area contributed by atoms with Crippen LogP contribution in [0.1, 0.15) is 33.3 Å². The van der Waals surface area contributed by atoms with Crippen LogP contribution in [0, 0.1) is 5.82 Å². The van der Waals surface area contributed by atoms with Gasteiger partial charge in [-0.2, -0.15) is 0 Å². The molecule has 0 aliphatic rings. The smallest absolute Gasteiger partial charge is 0.244 e. The molecule has 0 aromatic heterocycles. The van der Waals surface area contributed by atoms with Crippen molar-refractivity contribution in [2.75, 3.05) is 17.1 Å². The molecule has 10 heteroatoms. The molecule has 7 nitrogen and oxygen atoms in total. The third-order valence-corrected chi connectivity index (χ3v) is 6.34. The second-order valence-electron chi connectivity index (χ2n) is 8.81. The van der Waals surface area contributed by atoms with Crippen molar-refractivity contribution in [2.24, 2.45) is 0 Å². The Bertz CT molecular complexity index is 1100. The average molecular weight is 542 g/mol. The number of carbonyl (C=O) groups excluding carboxylic acids is 2. The van der Waals surface area contributed by atoms with Crippen molar-refractivity contribution in [3.63, 3.8) is 0 Å². The summed E-state index contributed by atoms with van der Waals surface area (Å²) in [5.41, 5.74) is 0.396. The summed E-state index contributed by atoms with van der Waals surface area (Å²) < 4.78 is 40.0. The SMILES string of the molecule is C[C@@H](C(=O)NC(C)(C)C)N(Cc1ccc(F)cc1)C(=O)CN(c1cccc(Br)c1)S(C)(=O)=O. The molecule has 0 saturated heterocycles. The van der Waals surface area contributed by atoms with Crippen LogP contribution < -0.4 is 9.62 Å². The summed E-state index contributed by atoms with van der Waals surface area (Å²) >= 11 is 3.31. The van der Waals surface area contributed by atoms with Gasteiger partial charge < -0.3 is 10.2 Å². The lowest BCUT2D eigenvalue weighted by molar-refractivity contribution is -0.140. The Morgan fingerprint density at radius 3 is 2.24 bits per heavy atom. The Labute approximate surface area is 203 Å². The molecule has 0 bridgehead atoms. The molecule has 2 aromatic carbocycles. The molecule has 0 unspecified atom stereocenters. The van der Waals surface area contributed by atoms with E-state index in [1.807, 2.05) is 20.8 Å². The fourth-order valence-corrected chi connectivity index (χ4v) is 4.32. The molecule has 0 fully saturated rings. The van der Waals surface area contributed by atoms with Crippen molar-refractivity contribution >= 4 is 43.5 Å². The Hall–Kier alpha value is -2.46. The first-order valence-corrected chi connectivity index (χ1v) is 12.9. The molecule has 2 amide bonds. The van der Waals surface area contributed by atoms with Crippen molar-refractivity contribution in [3.05, 3.63) is 64.4 Å². The van der Waals surface area contributed by atoms with Gasteiger partial charge in [0.15, 0.2) is 0 Å². The summed E-state index contributed by atoms with van der Waals surface area (Å²) in [5.74, 6) is -1.37. The van der Waals surface area contributed by atoms with Gasteiger partial charge in [-0.3, -0.25) is 13.9 Å². The summed E-state index contributed by atoms with van der Waals surface area (Å²) in [4.78, 5) is 27.5. The third kappa shape index (κ3) is 8.12. The summed E-state index contributed by atoms with van der Waals surface area (Å²) in [6, 6.07) is 11.3. The number of sulfonamides is 1. The molecule has 180 valence electrons. The van der Waals surface area contributed by atoms with Gasteiger partial charge in [-0.25, -0.2) is 12.8 Å². The number of halogens is 2. The van der Waals surface area contributed by atoms with E-state index in [2.05, 4.69) is 21.2 Å². The highest BCUT2D eigenvalue weighted by Crippen LogP contribution is 2.23. The van der Waals surface area contributed by atoms with Crippen LogP contribution in [-0.2, 0) is 26.2 Å². The van der Waals surface area contributed by atoms with Crippen molar-refractivity contribution in [2.45, 2.75) is 45.8 Å². The van der Waals surface area contributed by atoms with Crippen LogP contribution >= 0.6 is 15.9 Å². The molecule has 33 heavy (non-hydrogen) atoms. The Morgan fingerprint density at radius 2 is 1.73 bits per heavy atom. The highest BCUT2D eigenvalue weighted by Gasteiger charge is 2.31. The second kappa shape index (κ2) is 10.6. The van der Waals surface area contributed by atoms with Crippen LogP contribution in [0.25, 0.3) is 0 Å². The summed E-state index contributed by atoms with van der Waals surface area (Å²) in [7, 11) is -3.80. The molecule has 0 radical (unpaired) electrons. The molecule has 0 spiro atoms. The Morgan fingerprint density at radius 1 is 1.12 bits per heavy atom. The van der Waals surface area contributed by atoms with Gasteiger partial charge >= 0.3 is 0 Å². The van der Waals surface area contributed by atoms with Crippen LogP contribution in [0.15, 0.2) is 53.0 Å². The predicted molar refractivity (Wildman–Crippen MR) is 131 cm³/mol. The molecule has 0 aliphatic heterocycles. The maximum atomic E-state index is 13.4. The van der Waals surface area contributed by atoms with Crippen molar-refractivity contribution < 1.29 is 22.4 Å². The number of nitrogens with one attached hydrogen (secondary N) is 1. The third-order valence-electron chi connectivity index (χ3n) is 4.71. The number of rotatable bonds is 8. The van der Waals surface area contributed by atoms with E-state index >= 15 is 0 Å². The zero-order chi connectivity index (χ0) is 25.0. The van der Waals surface area contributed by atoms with E-state index in [1.165, 1.54) is 29.2 Å². The fraction of sp³-hybridized carbons (Fsp3) is 0.391. The van der Waals surface area contributed by atoms with E-state index in [1.54, 1.807) is 31.2 Å². The molecule has 0 aliphatic carbocycles. The van der Waals surface area contributed by atoms with E-state index in [0.717, 1.165) is 10.6 Å². The van der Waals surface area contributed by atoms with E-state index in [4.69, 9.17) is 0 Å². The van der Waals surface area contributed by atoms with Crippen molar-refractivity contribution in [1.29, 1.82) is 0 Å². The maximum absolute atomic E-state index is 13.4. The van der Waals surface area contributed by atoms with E-state index in [0.29, 0.717) is 15.7 Å². The molecule has 2 aromatic rings. The van der Waals surface area contributed by atoms with Crippen LogP contribution in [0.4, 0.5) is 10.1 Å². The van der Waals surface area contributed by atoms with Gasteiger partial charge in [-0.05, 0) is 63.6 Å². The summed E-state index contributed by atoms with van der Waals surface area (Å²) in [6.45, 7) is 6.55. The molecule has 1 N–H and O–H groups in total. The minimum atomic E-state index is -3.80. The molecule has 0 heterocycles. The van der Waals surface area contributed by atoms with E-state index in [-0.39, 0.29) is 12.5 Å². The van der Waals surface area contributed by atoms with Gasteiger partial charge in [-0.1, -0.05) is 34.1 Å². The standard InChI is InChI=1S/C23H29BrFN3O4S/c1-16(22(30)26-23(2,3)4)27(14-17-9-11-19(25)12-10-17)21(29)15-28(33(5,31)32)20-8-6-7-18(24)13-20/h6-13,16H,14-15H2,1-5H3,(H,26,30)/t16-/m0/s1. The number of carbonyl (C=O) groups is 2. The second-order valence-corrected chi connectivity index (χ2v) is 11.6. The first-order valence-electron chi connectivity index (χ1n) is 10.3. The minimum Gasteiger partial charge on any atom is -0.350 e. The zero-order valence-electron chi connectivity index (χ0n) is 19.3. The highest BCUT2D eigenvalue weighted by molar-refractivity contribution is 9.10. The Balaban J connectivity index is 2.39. The highest BCUT2D eigenvalue weighted by atomic mass is 79.9. The lowest BCUT2D eigenvalue weighted by atomic mass is 10.1. The summed E-state index contributed by atoms with van der Waals surface area (Å²) in [5, 5.41) is 2.84. The molecule has 2 rings (SSSR count). The molecule has 1 atom stereocenters. The topological polar surface area (TPSA) is 86.8 Å². The van der Waals surface area contributed by atoms with Crippen molar-refractivity contribution in [3.8, 4) is 0 Å². The number of benzene rings is 2. The van der Waals surface area contributed by atoms with E-state index in [9.17, 15) is 22.4 Å². The fourth-order valence-electron chi connectivity index (χ4n) is 3.09. The lowest BCUT2D eigenvalue weighted by Crippen LogP contribution is -2.54. The van der Waals surface area contributed by atoms with Crippen LogP contribution in [0.5, 0.6) is 0 Å². The molecular weight excluding hydrogens is 513 g/mol. The van der Waals surface area contributed by atoms with Gasteiger partial charge in [0.2, 0.25) is 21.8 Å². The number of hydrogen-bond donors (Lipinski definition) is 1. The van der Waals surface area contributed by atoms with Gasteiger partial charge in [0.05, 0.1) is 11.9 Å². The normalized spacial score (nSPS) is 12.7. The average Bonchev–Trinajstić information content (AvgIpc) is 2.68.